The molecule has 3 heteroatoms. The van der Waals surface area contributed by atoms with Gasteiger partial charge in [-0.25, -0.2) is 0 Å². The molecule has 1 aromatic rings. The Morgan fingerprint density at radius 3 is 2.47 bits per heavy atom. The summed E-state index contributed by atoms with van der Waals surface area (Å²) in [6.45, 7) is 4.03. The van der Waals surface area contributed by atoms with Crippen LogP contribution in [0.2, 0.25) is 0 Å². The molecule has 1 aliphatic rings. The molecule has 0 atom stereocenters. The van der Waals surface area contributed by atoms with Crippen LogP contribution in [0.3, 0.4) is 0 Å². The Labute approximate surface area is 116 Å². The summed E-state index contributed by atoms with van der Waals surface area (Å²) < 4.78 is 5.84. The van der Waals surface area contributed by atoms with Crippen molar-refractivity contribution in [2.24, 2.45) is 0 Å². The van der Waals surface area contributed by atoms with Crippen LogP contribution in [0.4, 0.5) is 0 Å². The molecule has 1 aromatic carbocycles. The molecular weight excluding hydrogens is 238 g/mol. The molecule has 1 aliphatic carbocycles. The van der Waals surface area contributed by atoms with Crippen molar-refractivity contribution < 1.29 is 9.84 Å². The Balaban J connectivity index is 2.21. The minimum absolute atomic E-state index is 0.124. The molecule has 0 heterocycles. The number of rotatable bonds is 4. The highest BCUT2D eigenvalue weighted by Crippen LogP contribution is 2.41. The highest BCUT2D eigenvalue weighted by molar-refractivity contribution is 5.38. The van der Waals surface area contributed by atoms with Crippen LogP contribution in [0.5, 0.6) is 5.75 Å². The van der Waals surface area contributed by atoms with Crippen molar-refractivity contribution in [3.63, 3.8) is 0 Å². The van der Waals surface area contributed by atoms with Crippen LogP contribution in [0, 0.1) is 0 Å². The van der Waals surface area contributed by atoms with Crippen molar-refractivity contribution in [2.45, 2.75) is 57.3 Å². The van der Waals surface area contributed by atoms with E-state index < -0.39 is 5.60 Å². The van der Waals surface area contributed by atoms with E-state index in [0.29, 0.717) is 6.04 Å². The van der Waals surface area contributed by atoms with Gasteiger partial charge >= 0.3 is 0 Å². The lowest BCUT2D eigenvalue weighted by Gasteiger charge is -2.37. The Morgan fingerprint density at radius 2 is 1.89 bits per heavy atom. The summed E-state index contributed by atoms with van der Waals surface area (Å²) in [6, 6.07) is 8.42. The first-order valence-corrected chi connectivity index (χ1v) is 7.21. The Hall–Kier alpha value is -1.06. The number of aliphatic hydroxyl groups is 1. The highest BCUT2D eigenvalue weighted by Gasteiger charge is 2.36. The smallest absolute Gasteiger partial charge is 0.125 e. The fourth-order valence-electron chi connectivity index (χ4n) is 2.86. The summed E-state index contributed by atoms with van der Waals surface area (Å²) in [5, 5.41) is 14.2. The molecule has 19 heavy (non-hydrogen) atoms. The molecule has 0 unspecified atom stereocenters. The molecule has 0 amide bonds. The second-order valence-corrected chi connectivity index (χ2v) is 5.76. The van der Waals surface area contributed by atoms with Crippen molar-refractivity contribution in [2.75, 3.05) is 7.05 Å². The van der Waals surface area contributed by atoms with Crippen molar-refractivity contribution in [3.8, 4) is 5.75 Å². The third-order valence-electron chi connectivity index (χ3n) is 3.97. The zero-order chi connectivity index (χ0) is 13.9. The van der Waals surface area contributed by atoms with Crippen molar-refractivity contribution in [1.82, 2.24) is 5.32 Å². The normalized spacial score (nSPS) is 27.5. The maximum Gasteiger partial charge on any atom is 0.125 e. The zero-order valence-electron chi connectivity index (χ0n) is 12.1. The summed E-state index contributed by atoms with van der Waals surface area (Å²) in [4.78, 5) is 0. The maximum atomic E-state index is 10.9. The minimum atomic E-state index is -0.737. The van der Waals surface area contributed by atoms with Gasteiger partial charge < -0.3 is 15.2 Å². The van der Waals surface area contributed by atoms with E-state index >= 15 is 0 Å². The maximum absolute atomic E-state index is 10.9. The molecule has 2 rings (SSSR count). The molecule has 3 nitrogen and oxygen atoms in total. The monoisotopic (exact) mass is 263 g/mol. The molecule has 1 saturated carbocycles. The number of ether oxygens (including phenoxy) is 1. The summed E-state index contributed by atoms with van der Waals surface area (Å²) in [7, 11) is 1.99. The number of nitrogens with one attached hydrogen (secondary N) is 1. The van der Waals surface area contributed by atoms with Crippen molar-refractivity contribution in [3.05, 3.63) is 29.8 Å². The van der Waals surface area contributed by atoms with Gasteiger partial charge in [0, 0.05) is 11.6 Å². The third kappa shape index (κ3) is 3.28. The predicted octanol–water partition coefficient (Wildman–Crippen LogP) is 2.82. The quantitative estimate of drug-likeness (QED) is 0.877. The first-order valence-electron chi connectivity index (χ1n) is 7.21. The van der Waals surface area contributed by atoms with E-state index in [1.54, 1.807) is 0 Å². The van der Waals surface area contributed by atoms with Crippen LogP contribution in [-0.4, -0.2) is 24.3 Å². The van der Waals surface area contributed by atoms with E-state index in [9.17, 15) is 5.11 Å². The summed E-state index contributed by atoms with van der Waals surface area (Å²) >= 11 is 0. The lowest BCUT2D eigenvalue weighted by molar-refractivity contribution is -0.0105. The predicted molar refractivity (Wildman–Crippen MR) is 77.4 cm³/mol. The Bertz CT molecular complexity index is 409. The van der Waals surface area contributed by atoms with E-state index in [1.165, 1.54) is 0 Å². The van der Waals surface area contributed by atoms with Crippen LogP contribution < -0.4 is 10.1 Å². The average Bonchev–Trinajstić information content (AvgIpc) is 2.39. The Kier molecular flexibility index (Phi) is 4.48. The van der Waals surface area contributed by atoms with Gasteiger partial charge in [-0.05, 0) is 52.6 Å². The lowest BCUT2D eigenvalue weighted by atomic mass is 9.77. The first-order chi connectivity index (χ1) is 9.05. The van der Waals surface area contributed by atoms with Gasteiger partial charge in [0.05, 0.1) is 11.7 Å². The average molecular weight is 263 g/mol. The topological polar surface area (TPSA) is 41.5 Å². The largest absolute Gasteiger partial charge is 0.491 e. The van der Waals surface area contributed by atoms with E-state index in [1.807, 2.05) is 45.2 Å². The van der Waals surface area contributed by atoms with Crippen LogP contribution >= 0.6 is 0 Å². The number of hydrogen-bond donors (Lipinski definition) is 2. The van der Waals surface area contributed by atoms with Gasteiger partial charge in [-0.1, -0.05) is 18.2 Å². The van der Waals surface area contributed by atoms with Gasteiger partial charge in [-0.2, -0.15) is 0 Å². The van der Waals surface area contributed by atoms with Gasteiger partial charge in [0.15, 0.2) is 0 Å². The molecule has 0 radical (unpaired) electrons. The number of benzene rings is 1. The molecule has 0 saturated heterocycles. The molecule has 0 bridgehead atoms. The molecule has 106 valence electrons. The standard InChI is InChI=1S/C16H25NO2/c1-12(2)19-15-7-5-4-6-14(15)16(18)10-8-13(17-3)9-11-16/h4-7,12-13,17-18H,8-11H2,1-3H3. The van der Waals surface area contributed by atoms with E-state index in [2.05, 4.69) is 5.32 Å². The summed E-state index contributed by atoms with van der Waals surface area (Å²) in [6.07, 6.45) is 3.71. The van der Waals surface area contributed by atoms with Gasteiger partial charge in [-0.15, -0.1) is 0 Å². The molecule has 0 aliphatic heterocycles. The molecule has 1 fully saturated rings. The summed E-state index contributed by atoms with van der Waals surface area (Å²) in [5.41, 5.74) is 0.206. The number of hydrogen-bond acceptors (Lipinski definition) is 3. The fourth-order valence-corrected chi connectivity index (χ4v) is 2.86. The number of para-hydroxylation sites is 1. The second-order valence-electron chi connectivity index (χ2n) is 5.76. The van der Waals surface area contributed by atoms with Crippen LogP contribution in [0.1, 0.15) is 45.1 Å². The van der Waals surface area contributed by atoms with Crippen LogP contribution in [0.25, 0.3) is 0 Å². The Morgan fingerprint density at radius 1 is 1.26 bits per heavy atom. The fraction of sp³-hybridized carbons (Fsp3) is 0.625. The van der Waals surface area contributed by atoms with E-state index in [-0.39, 0.29) is 6.10 Å². The van der Waals surface area contributed by atoms with Gasteiger partial charge in [0.25, 0.3) is 0 Å². The van der Waals surface area contributed by atoms with Gasteiger partial charge in [0.2, 0.25) is 0 Å². The first kappa shape index (κ1) is 14.4. The van der Waals surface area contributed by atoms with Crippen LogP contribution in [-0.2, 0) is 5.60 Å². The third-order valence-corrected chi connectivity index (χ3v) is 3.97. The van der Waals surface area contributed by atoms with Crippen molar-refractivity contribution >= 4 is 0 Å². The molecule has 2 N–H and O–H groups in total. The molecule has 0 aromatic heterocycles. The van der Waals surface area contributed by atoms with Gasteiger partial charge in [-0.3, -0.25) is 0 Å². The zero-order valence-corrected chi connectivity index (χ0v) is 12.1. The SMILES string of the molecule is CNC1CCC(O)(c2ccccc2OC(C)C)CC1. The van der Waals surface area contributed by atoms with E-state index in [4.69, 9.17) is 4.74 Å². The minimum Gasteiger partial charge on any atom is -0.491 e. The molecular formula is C16H25NO2. The highest BCUT2D eigenvalue weighted by atomic mass is 16.5. The van der Waals surface area contributed by atoms with E-state index in [0.717, 1.165) is 37.0 Å². The lowest BCUT2D eigenvalue weighted by Crippen LogP contribution is -2.38. The van der Waals surface area contributed by atoms with Gasteiger partial charge in [0.1, 0.15) is 5.75 Å². The molecule has 0 spiro atoms. The van der Waals surface area contributed by atoms with Crippen molar-refractivity contribution in [1.29, 1.82) is 0 Å². The van der Waals surface area contributed by atoms with Crippen LogP contribution in [0.15, 0.2) is 24.3 Å². The summed E-state index contributed by atoms with van der Waals surface area (Å²) in [5.74, 6) is 0.822. The second kappa shape index (κ2) is 5.93.